The lowest BCUT2D eigenvalue weighted by Crippen LogP contribution is -2.12. The van der Waals surface area contributed by atoms with Crippen molar-refractivity contribution in [3.05, 3.63) is 0 Å². The second-order valence-electron chi connectivity index (χ2n) is 3.88. The molecule has 0 aromatic heterocycles. The molecule has 0 saturated heterocycles. The van der Waals surface area contributed by atoms with E-state index in [0.29, 0.717) is 59.5 Å². The molecule has 0 saturated carbocycles. The maximum absolute atomic E-state index is 8.33. The van der Waals surface area contributed by atoms with Crippen LogP contribution < -0.4 is 0 Å². The monoisotopic (exact) mass is 312 g/mol. The summed E-state index contributed by atoms with van der Waals surface area (Å²) in [6, 6.07) is 0. The summed E-state index contributed by atoms with van der Waals surface area (Å²) in [5.41, 5.74) is 0. The number of rotatable bonds is 14. The molecule has 0 spiro atoms. The predicted octanol–water partition coefficient (Wildman–Crippen LogP) is 0.690. The first-order valence-corrected chi connectivity index (χ1v) is 7.19. The van der Waals surface area contributed by atoms with Gasteiger partial charge in [0.05, 0.1) is 52.9 Å². The SMILES string of the molecule is CCOC(C)O.COCCOCCOCCOCCOC. The van der Waals surface area contributed by atoms with Crippen LogP contribution in [0.2, 0.25) is 0 Å². The second kappa shape index (κ2) is 22.0. The van der Waals surface area contributed by atoms with E-state index in [-0.39, 0.29) is 0 Å². The fraction of sp³-hybridized carbons (Fsp3) is 1.00. The highest BCUT2D eigenvalue weighted by Crippen LogP contribution is 1.82. The van der Waals surface area contributed by atoms with Gasteiger partial charge in [0.25, 0.3) is 0 Å². The van der Waals surface area contributed by atoms with E-state index in [0.717, 1.165) is 0 Å². The van der Waals surface area contributed by atoms with Crippen LogP contribution in [0, 0.1) is 0 Å². The van der Waals surface area contributed by atoms with Crippen molar-refractivity contribution in [2.45, 2.75) is 20.1 Å². The zero-order valence-corrected chi connectivity index (χ0v) is 13.8. The van der Waals surface area contributed by atoms with Gasteiger partial charge < -0.3 is 33.5 Å². The Balaban J connectivity index is 0. The van der Waals surface area contributed by atoms with Gasteiger partial charge in [0.15, 0.2) is 6.29 Å². The summed E-state index contributed by atoms with van der Waals surface area (Å²) in [7, 11) is 3.30. The van der Waals surface area contributed by atoms with Crippen LogP contribution in [0.1, 0.15) is 13.8 Å². The van der Waals surface area contributed by atoms with Crippen molar-refractivity contribution < 1.29 is 33.5 Å². The summed E-state index contributed by atoms with van der Waals surface area (Å²) in [5, 5.41) is 8.33. The molecule has 0 amide bonds. The van der Waals surface area contributed by atoms with Crippen LogP contribution in [0.3, 0.4) is 0 Å². The van der Waals surface area contributed by atoms with E-state index in [1.54, 1.807) is 21.1 Å². The Hall–Kier alpha value is -0.280. The van der Waals surface area contributed by atoms with Gasteiger partial charge in [-0.1, -0.05) is 0 Å². The van der Waals surface area contributed by atoms with Crippen molar-refractivity contribution in [1.82, 2.24) is 0 Å². The first kappa shape index (κ1) is 23.0. The topological polar surface area (TPSA) is 75.6 Å². The molecule has 0 heterocycles. The van der Waals surface area contributed by atoms with Crippen LogP contribution in [0.4, 0.5) is 0 Å². The van der Waals surface area contributed by atoms with Gasteiger partial charge in [-0.05, 0) is 13.8 Å². The first-order chi connectivity index (χ1) is 10.2. The summed E-state index contributed by atoms with van der Waals surface area (Å²) < 4.78 is 29.9. The highest BCUT2D eigenvalue weighted by molar-refractivity contribution is 4.34. The summed E-state index contributed by atoms with van der Waals surface area (Å²) in [4.78, 5) is 0. The highest BCUT2D eigenvalue weighted by Gasteiger charge is 1.91. The second-order valence-corrected chi connectivity index (χ2v) is 3.88. The normalized spacial score (nSPS) is 11.9. The highest BCUT2D eigenvalue weighted by atomic mass is 16.6. The molecule has 7 heteroatoms. The van der Waals surface area contributed by atoms with Gasteiger partial charge in [0.1, 0.15) is 0 Å². The van der Waals surface area contributed by atoms with Crippen molar-refractivity contribution in [2.24, 2.45) is 0 Å². The molecule has 1 atom stereocenters. The van der Waals surface area contributed by atoms with Crippen LogP contribution in [-0.2, 0) is 28.4 Å². The Morgan fingerprint density at radius 1 is 0.714 bits per heavy atom. The van der Waals surface area contributed by atoms with Gasteiger partial charge in [-0.15, -0.1) is 0 Å². The maximum Gasteiger partial charge on any atom is 0.151 e. The smallest absolute Gasteiger partial charge is 0.151 e. The zero-order chi connectivity index (χ0) is 16.2. The third-order valence-corrected chi connectivity index (χ3v) is 2.02. The fourth-order valence-electron chi connectivity index (χ4n) is 1.07. The van der Waals surface area contributed by atoms with E-state index in [1.165, 1.54) is 0 Å². The molecule has 0 radical (unpaired) electrons. The van der Waals surface area contributed by atoms with Crippen molar-refractivity contribution in [3.8, 4) is 0 Å². The molecular weight excluding hydrogens is 280 g/mol. The van der Waals surface area contributed by atoms with Crippen molar-refractivity contribution >= 4 is 0 Å². The lowest BCUT2D eigenvalue weighted by atomic mass is 10.7. The molecule has 21 heavy (non-hydrogen) atoms. The molecule has 0 aromatic carbocycles. The Morgan fingerprint density at radius 2 is 1.05 bits per heavy atom. The van der Waals surface area contributed by atoms with Gasteiger partial charge in [-0.3, -0.25) is 0 Å². The molecule has 0 aliphatic rings. The number of aliphatic hydroxyl groups excluding tert-OH is 1. The van der Waals surface area contributed by atoms with E-state index >= 15 is 0 Å². The number of aliphatic hydroxyl groups is 1. The molecule has 0 aromatic rings. The van der Waals surface area contributed by atoms with Gasteiger partial charge in [0.2, 0.25) is 0 Å². The molecule has 130 valence electrons. The number of methoxy groups -OCH3 is 2. The van der Waals surface area contributed by atoms with Crippen LogP contribution >= 0.6 is 0 Å². The molecule has 1 N–H and O–H groups in total. The van der Waals surface area contributed by atoms with Crippen molar-refractivity contribution in [2.75, 3.05) is 73.7 Å². The molecule has 7 nitrogen and oxygen atoms in total. The van der Waals surface area contributed by atoms with Crippen LogP contribution in [0.5, 0.6) is 0 Å². The lowest BCUT2D eigenvalue weighted by molar-refractivity contribution is -0.0800. The van der Waals surface area contributed by atoms with E-state index in [1.807, 2.05) is 6.92 Å². The standard InChI is InChI=1S/C10H22O5.C4H10O2/c1-11-3-5-13-7-9-15-10-8-14-6-4-12-2;1-3-6-4(2)5/h3-10H2,1-2H3;4-5H,3H2,1-2H3. The quantitative estimate of drug-likeness (QED) is 0.373. The average Bonchev–Trinajstić information content (AvgIpc) is 2.45. The molecule has 0 rings (SSSR count). The van der Waals surface area contributed by atoms with Crippen molar-refractivity contribution in [3.63, 3.8) is 0 Å². The van der Waals surface area contributed by atoms with Crippen LogP contribution in [0.15, 0.2) is 0 Å². The summed E-state index contributed by atoms with van der Waals surface area (Å²) in [6.07, 6.45) is -0.602. The first-order valence-electron chi connectivity index (χ1n) is 7.19. The Bertz CT molecular complexity index is 155. The Labute approximate surface area is 128 Å². The fourth-order valence-corrected chi connectivity index (χ4v) is 1.07. The predicted molar refractivity (Wildman–Crippen MR) is 79.5 cm³/mol. The minimum atomic E-state index is -0.602. The average molecular weight is 312 g/mol. The van der Waals surface area contributed by atoms with E-state index in [2.05, 4.69) is 4.74 Å². The van der Waals surface area contributed by atoms with Crippen LogP contribution in [-0.4, -0.2) is 85.1 Å². The maximum atomic E-state index is 8.33. The van der Waals surface area contributed by atoms with Gasteiger partial charge in [0, 0.05) is 20.8 Å². The summed E-state index contributed by atoms with van der Waals surface area (Å²) in [5.74, 6) is 0. The van der Waals surface area contributed by atoms with Gasteiger partial charge in [-0.25, -0.2) is 0 Å². The summed E-state index contributed by atoms with van der Waals surface area (Å²) in [6.45, 7) is 8.88. The third kappa shape index (κ3) is 28.6. The van der Waals surface area contributed by atoms with Gasteiger partial charge >= 0.3 is 0 Å². The number of hydrogen-bond acceptors (Lipinski definition) is 7. The van der Waals surface area contributed by atoms with Crippen molar-refractivity contribution in [1.29, 1.82) is 0 Å². The number of ether oxygens (including phenoxy) is 6. The molecular formula is C14H32O7. The largest absolute Gasteiger partial charge is 0.382 e. The van der Waals surface area contributed by atoms with E-state index in [9.17, 15) is 0 Å². The molecule has 0 aliphatic carbocycles. The third-order valence-electron chi connectivity index (χ3n) is 2.02. The van der Waals surface area contributed by atoms with Crippen LogP contribution in [0.25, 0.3) is 0 Å². The molecule has 0 bridgehead atoms. The van der Waals surface area contributed by atoms with E-state index < -0.39 is 6.29 Å². The Morgan fingerprint density at radius 3 is 1.24 bits per heavy atom. The minimum absolute atomic E-state index is 0.581. The minimum Gasteiger partial charge on any atom is -0.382 e. The molecule has 1 unspecified atom stereocenters. The van der Waals surface area contributed by atoms with E-state index in [4.69, 9.17) is 28.8 Å². The summed E-state index contributed by atoms with van der Waals surface area (Å²) >= 11 is 0. The van der Waals surface area contributed by atoms with Gasteiger partial charge in [-0.2, -0.15) is 0 Å². The lowest BCUT2D eigenvalue weighted by Gasteiger charge is -2.06. The number of hydrogen-bond donors (Lipinski definition) is 1. The Kier molecular flexibility index (Phi) is 24.1. The zero-order valence-electron chi connectivity index (χ0n) is 13.8. The molecule has 0 fully saturated rings. The molecule has 0 aliphatic heterocycles.